The Labute approximate surface area is 111 Å². The third-order valence-electron chi connectivity index (χ3n) is 2.22. The zero-order valence-electron chi connectivity index (χ0n) is 9.48. The highest BCUT2D eigenvalue weighted by Gasteiger charge is 2.00. The Morgan fingerprint density at radius 1 is 1.42 bits per heavy atom. The van der Waals surface area contributed by atoms with Crippen LogP contribution in [0.2, 0.25) is 0 Å². The van der Waals surface area contributed by atoms with Gasteiger partial charge < -0.3 is 5.11 Å². The largest absolute Gasteiger partial charge is 0.478 e. The fourth-order valence-corrected chi connectivity index (χ4v) is 1.48. The molecule has 0 amide bonds. The molecule has 7 nitrogen and oxygen atoms in total. The number of rotatable bonds is 3. The van der Waals surface area contributed by atoms with Crippen LogP contribution < -0.4 is 5.56 Å². The quantitative estimate of drug-likeness (QED) is 0.640. The van der Waals surface area contributed by atoms with Crippen molar-refractivity contribution in [2.24, 2.45) is 5.10 Å². The molecule has 8 heteroatoms. The normalized spacial score (nSPS) is 10.7. The minimum absolute atomic E-state index is 0.0749. The molecule has 0 fully saturated rings. The van der Waals surface area contributed by atoms with Crippen LogP contribution in [-0.2, 0) is 0 Å². The summed E-state index contributed by atoms with van der Waals surface area (Å²) >= 11 is 4.86. The lowest BCUT2D eigenvalue weighted by molar-refractivity contribution is 0.0697. The number of benzene rings is 1. The maximum atomic E-state index is 11.4. The van der Waals surface area contributed by atoms with Gasteiger partial charge in [-0.15, -0.1) is 0 Å². The summed E-state index contributed by atoms with van der Waals surface area (Å²) in [7, 11) is 0. The van der Waals surface area contributed by atoms with Gasteiger partial charge >= 0.3 is 5.97 Å². The van der Waals surface area contributed by atoms with Gasteiger partial charge in [0, 0.05) is 0 Å². The number of aromatic nitrogens is 3. The van der Waals surface area contributed by atoms with E-state index in [1.165, 1.54) is 18.3 Å². The van der Waals surface area contributed by atoms with E-state index in [0.29, 0.717) is 5.56 Å². The minimum Gasteiger partial charge on any atom is -0.478 e. The predicted molar refractivity (Wildman–Crippen MR) is 70.1 cm³/mol. The number of carboxylic acid groups (broad SMARTS) is 1. The van der Waals surface area contributed by atoms with Gasteiger partial charge in [-0.25, -0.2) is 4.79 Å². The second-order valence-electron chi connectivity index (χ2n) is 3.50. The SMILES string of the molecule is O=C(O)c1ccc(C=Nn2c(=O)cn[nH]c2=S)cc1. The standard InChI is InChI=1S/C11H8N4O3S/c16-9-6-12-14-11(19)15(9)13-5-7-1-3-8(4-2-7)10(17)18/h1-6H,(H,14,19)(H,17,18). The first kappa shape index (κ1) is 12.8. The van der Waals surface area contributed by atoms with Crippen molar-refractivity contribution < 1.29 is 9.90 Å². The van der Waals surface area contributed by atoms with Crippen LogP contribution in [-0.4, -0.2) is 32.2 Å². The summed E-state index contributed by atoms with van der Waals surface area (Å²) in [6.45, 7) is 0. The van der Waals surface area contributed by atoms with Crippen molar-refractivity contribution in [3.05, 3.63) is 56.7 Å². The zero-order valence-corrected chi connectivity index (χ0v) is 10.3. The highest BCUT2D eigenvalue weighted by atomic mass is 32.1. The Balaban J connectivity index is 2.31. The molecule has 1 heterocycles. The number of hydrogen-bond acceptors (Lipinski definition) is 5. The summed E-state index contributed by atoms with van der Waals surface area (Å²) in [6, 6.07) is 6.04. The first-order valence-electron chi connectivity index (χ1n) is 5.12. The zero-order chi connectivity index (χ0) is 13.8. The molecule has 0 aliphatic rings. The number of carbonyl (C=O) groups is 1. The van der Waals surface area contributed by atoms with E-state index in [4.69, 9.17) is 17.3 Å². The topological polar surface area (TPSA) is 100 Å². The van der Waals surface area contributed by atoms with Gasteiger partial charge in [-0.1, -0.05) is 12.1 Å². The number of nitrogens with zero attached hydrogens (tertiary/aromatic N) is 3. The van der Waals surface area contributed by atoms with Crippen molar-refractivity contribution in [1.29, 1.82) is 0 Å². The summed E-state index contributed by atoms with van der Waals surface area (Å²) < 4.78 is 1.05. The molecule has 2 aromatic rings. The first-order chi connectivity index (χ1) is 9.08. The summed E-state index contributed by atoms with van der Waals surface area (Å²) in [5.74, 6) is -1.00. The second kappa shape index (κ2) is 5.36. The summed E-state index contributed by atoms with van der Waals surface area (Å²) in [4.78, 5) is 22.1. The Morgan fingerprint density at radius 3 is 2.68 bits per heavy atom. The van der Waals surface area contributed by atoms with Crippen molar-refractivity contribution in [3.8, 4) is 0 Å². The molecule has 2 rings (SSSR count). The van der Waals surface area contributed by atoms with Gasteiger partial charge in [0.15, 0.2) is 0 Å². The third-order valence-corrected chi connectivity index (χ3v) is 2.48. The molecule has 0 atom stereocenters. The molecule has 2 N–H and O–H groups in total. The van der Waals surface area contributed by atoms with Gasteiger partial charge in [0.25, 0.3) is 5.56 Å². The van der Waals surface area contributed by atoms with Crippen molar-refractivity contribution >= 4 is 24.4 Å². The van der Waals surface area contributed by atoms with Crippen molar-refractivity contribution in [2.45, 2.75) is 0 Å². The monoisotopic (exact) mass is 276 g/mol. The summed E-state index contributed by atoms with van der Waals surface area (Å²) in [6.07, 6.45) is 2.46. The highest BCUT2D eigenvalue weighted by molar-refractivity contribution is 7.71. The Hall–Kier alpha value is -2.61. The van der Waals surface area contributed by atoms with E-state index in [-0.39, 0.29) is 10.3 Å². The van der Waals surface area contributed by atoms with Gasteiger partial charge in [-0.3, -0.25) is 9.89 Å². The fraction of sp³-hybridized carbons (Fsp3) is 0. The number of carboxylic acids is 1. The fourth-order valence-electron chi connectivity index (χ4n) is 1.29. The molecular formula is C11H8N4O3S. The van der Waals surface area contributed by atoms with E-state index in [9.17, 15) is 9.59 Å². The van der Waals surface area contributed by atoms with Gasteiger partial charge in [0.2, 0.25) is 4.77 Å². The van der Waals surface area contributed by atoms with Crippen LogP contribution in [0, 0.1) is 4.77 Å². The molecule has 0 aliphatic carbocycles. The Bertz CT molecular complexity index is 717. The lowest BCUT2D eigenvalue weighted by atomic mass is 10.1. The first-order valence-corrected chi connectivity index (χ1v) is 5.53. The molecule has 96 valence electrons. The average molecular weight is 276 g/mol. The number of nitrogens with one attached hydrogen (secondary N) is 1. The summed E-state index contributed by atoms with van der Waals surface area (Å²) in [5, 5.41) is 18.6. The van der Waals surface area contributed by atoms with Crippen molar-refractivity contribution in [2.75, 3.05) is 0 Å². The molecule has 0 unspecified atom stereocenters. The van der Waals surface area contributed by atoms with Crippen molar-refractivity contribution in [1.82, 2.24) is 14.9 Å². The van der Waals surface area contributed by atoms with Crippen LogP contribution in [0.3, 0.4) is 0 Å². The van der Waals surface area contributed by atoms with Gasteiger partial charge in [-0.2, -0.15) is 14.9 Å². The van der Waals surface area contributed by atoms with E-state index < -0.39 is 11.5 Å². The maximum absolute atomic E-state index is 11.4. The van der Waals surface area contributed by atoms with Crippen LogP contribution >= 0.6 is 12.2 Å². The maximum Gasteiger partial charge on any atom is 0.335 e. The minimum atomic E-state index is -1.00. The van der Waals surface area contributed by atoms with E-state index >= 15 is 0 Å². The summed E-state index contributed by atoms with van der Waals surface area (Å²) in [5.41, 5.74) is 0.362. The molecule has 1 aromatic carbocycles. The van der Waals surface area contributed by atoms with E-state index in [2.05, 4.69) is 15.3 Å². The number of aromatic amines is 1. The van der Waals surface area contributed by atoms with Crippen LogP contribution in [0.1, 0.15) is 15.9 Å². The smallest absolute Gasteiger partial charge is 0.335 e. The second-order valence-corrected chi connectivity index (χ2v) is 3.88. The molecule has 1 aromatic heterocycles. The highest BCUT2D eigenvalue weighted by Crippen LogP contribution is 2.02. The average Bonchev–Trinajstić information content (AvgIpc) is 2.38. The van der Waals surface area contributed by atoms with Crippen LogP contribution in [0.25, 0.3) is 0 Å². The van der Waals surface area contributed by atoms with Crippen molar-refractivity contribution in [3.63, 3.8) is 0 Å². The molecule has 0 spiro atoms. The third kappa shape index (κ3) is 2.99. The molecule has 0 radical (unpaired) electrons. The predicted octanol–water partition coefficient (Wildman–Crippen LogP) is 0.881. The van der Waals surface area contributed by atoms with E-state index in [1.54, 1.807) is 12.1 Å². The number of aromatic carboxylic acids is 1. The Morgan fingerprint density at radius 2 is 2.11 bits per heavy atom. The van der Waals surface area contributed by atoms with Crippen LogP contribution in [0.15, 0.2) is 40.4 Å². The lowest BCUT2D eigenvalue weighted by Crippen LogP contribution is -2.18. The van der Waals surface area contributed by atoms with E-state index in [0.717, 1.165) is 10.9 Å². The van der Waals surface area contributed by atoms with Gasteiger partial charge in [-0.05, 0) is 29.9 Å². The molecule has 0 saturated carbocycles. The Kier molecular flexibility index (Phi) is 3.62. The molecular weight excluding hydrogens is 268 g/mol. The number of H-pyrrole nitrogens is 1. The lowest BCUT2D eigenvalue weighted by Gasteiger charge is -1.97. The molecule has 0 aliphatic heterocycles. The van der Waals surface area contributed by atoms with Crippen LogP contribution in [0.5, 0.6) is 0 Å². The van der Waals surface area contributed by atoms with Gasteiger partial charge in [0.1, 0.15) is 6.20 Å². The molecule has 19 heavy (non-hydrogen) atoms. The van der Waals surface area contributed by atoms with E-state index in [1.807, 2.05) is 0 Å². The van der Waals surface area contributed by atoms with Crippen LogP contribution in [0.4, 0.5) is 0 Å². The number of hydrogen-bond donors (Lipinski definition) is 2. The molecule has 0 bridgehead atoms. The van der Waals surface area contributed by atoms with Gasteiger partial charge in [0.05, 0.1) is 11.8 Å². The molecule has 0 saturated heterocycles.